The number of nitrogens with zero attached hydrogens (tertiary/aromatic N) is 5. The van der Waals surface area contributed by atoms with Crippen LogP contribution in [0.15, 0.2) is 24.3 Å². The van der Waals surface area contributed by atoms with Gasteiger partial charge in [-0.1, -0.05) is 18.2 Å². The molecule has 0 spiro atoms. The van der Waals surface area contributed by atoms with Gasteiger partial charge in [-0.2, -0.15) is 15.0 Å². The van der Waals surface area contributed by atoms with Crippen LogP contribution < -0.4 is 20.4 Å². The lowest BCUT2D eigenvalue weighted by Gasteiger charge is -2.23. The van der Waals surface area contributed by atoms with E-state index in [9.17, 15) is 0 Å². The second-order valence-corrected chi connectivity index (χ2v) is 6.73. The zero-order valence-electron chi connectivity index (χ0n) is 17.5. The van der Waals surface area contributed by atoms with E-state index in [4.69, 9.17) is 12.2 Å². The van der Waals surface area contributed by atoms with Crippen molar-refractivity contribution in [2.75, 3.05) is 41.3 Å². The Morgan fingerprint density at radius 1 is 0.893 bits per heavy atom. The zero-order chi connectivity index (χ0) is 20.5. The van der Waals surface area contributed by atoms with E-state index in [1.807, 2.05) is 31.2 Å². The Balaban J connectivity index is 2.16. The number of hydrogen-bond acceptors (Lipinski definition) is 6. The topological polar surface area (TPSA) is 69.2 Å². The third-order valence-corrected chi connectivity index (χ3v) is 4.80. The van der Waals surface area contributed by atoms with Crippen LogP contribution >= 0.6 is 12.2 Å². The molecule has 2 rings (SSSR count). The molecular formula is C20H31N7S. The minimum atomic E-state index is 0.433. The molecule has 0 aliphatic rings. The van der Waals surface area contributed by atoms with Crippen molar-refractivity contribution in [1.29, 1.82) is 0 Å². The highest BCUT2D eigenvalue weighted by Crippen LogP contribution is 2.15. The van der Waals surface area contributed by atoms with Gasteiger partial charge in [-0.3, -0.25) is 0 Å². The van der Waals surface area contributed by atoms with Crippen LogP contribution in [0.5, 0.6) is 0 Å². The summed E-state index contributed by atoms with van der Waals surface area (Å²) < 4.78 is 0. The van der Waals surface area contributed by atoms with Crippen molar-refractivity contribution < 1.29 is 0 Å². The fourth-order valence-corrected chi connectivity index (χ4v) is 2.99. The maximum Gasteiger partial charge on any atom is 0.230 e. The van der Waals surface area contributed by atoms with Gasteiger partial charge in [0.25, 0.3) is 0 Å². The highest BCUT2D eigenvalue weighted by atomic mass is 32.1. The first kappa shape index (κ1) is 21.8. The summed E-state index contributed by atoms with van der Waals surface area (Å²) in [4.78, 5) is 18.2. The normalized spacial score (nSPS) is 10.5. The standard InChI is InChI=1S/C20H31N7S/c1-6-26(7-2)18-23-17(24-19(25-18)27(8-3)9-4)14-21-20(28)22-16-13-11-10-12-15(16)5/h10-13H,6-9,14H2,1-5H3,(H2,21,22,28). The Hall–Kier alpha value is -2.48. The van der Waals surface area contributed by atoms with Gasteiger partial charge in [0.05, 0.1) is 6.54 Å². The molecule has 152 valence electrons. The van der Waals surface area contributed by atoms with Gasteiger partial charge in [0, 0.05) is 31.9 Å². The van der Waals surface area contributed by atoms with Crippen molar-refractivity contribution in [1.82, 2.24) is 20.3 Å². The summed E-state index contributed by atoms with van der Waals surface area (Å²) in [7, 11) is 0. The molecule has 0 unspecified atom stereocenters. The summed E-state index contributed by atoms with van der Waals surface area (Å²) in [5.41, 5.74) is 2.13. The fourth-order valence-electron chi connectivity index (χ4n) is 2.81. The second kappa shape index (κ2) is 10.8. The number of para-hydroxylation sites is 1. The first-order valence-corrected chi connectivity index (χ1v) is 10.3. The average Bonchev–Trinajstić information content (AvgIpc) is 2.70. The molecule has 0 aliphatic carbocycles. The van der Waals surface area contributed by atoms with Crippen LogP contribution in [0.2, 0.25) is 0 Å². The predicted molar refractivity (Wildman–Crippen MR) is 121 cm³/mol. The van der Waals surface area contributed by atoms with Gasteiger partial charge in [0.15, 0.2) is 10.9 Å². The molecule has 0 amide bonds. The van der Waals surface area contributed by atoms with Gasteiger partial charge in [0.1, 0.15) is 0 Å². The predicted octanol–water partition coefficient (Wildman–Crippen LogP) is 3.36. The monoisotopic (exact) mass is 401 g/mol. The summed E-state index contributed by atoms with van der Waals surface area (Å²) in [6.45, 7) is 14.3. The highest BCUT2D eigenvalue weighted by molar-refractivity contribution is 7.80. The number of hydrogen-bond donors (Lipinski definition) is 2. The number of anilines is 3. The molecule has 0 saturated heterocycles. The van der Waals surface area contributed by atoms with Gasteiger partial charge in [-0.25, -0.2) is 0 Å². The Morgan fingerprint density at radius 3 is 1.93 bits per heavy atom. The van der Waals surface area contributed by atoms with Crippen LogP contribution in [0.3, 0.4) is 0 Å². The van der Waals surface area contributed by atoms with E-state index >= 15 is 0 Å². The van der Waals surface area contributed by atoms with E-state index < -0.39 is 0 Å². The van der Waals surface area contributed by atoms with Crippen LogP contribution in [0.25, 0.3) is 0 Å². The first-order valence-electron chi connectivity index (χ1n) is 9.87. The molecule has 0 bridgehead atoms. The number of nitrogens with one attached hydrogen (secondary N) is 2. The van der Waals surface area contributed by atoms with Crippen molar-refractivity contribution in [2.24, 2.45) is 0 Å². The average molecular weight is 402 g/mol. The summed E-state index contributed by atoms with van der Waals surface area (Å²) in [5, 5.41) is 6.98. The van der Waals surface area contributed by atoms with Crippen LogP contribution in [0.4, 0.5) is 17.6 Å². The molecule has 0 aliphatic heterocycles. The first-order chi connectivity index (χ1) is 13.5. The van der Waals surface area contributed by atoms with Crippen molar-refractivity contribution in [2.45, 2.75) is 41.2 Å². The number of aryl methyl sites for hydroxylation is 1. The molecule has 0 fully saturated rings. The fraction of sp³-hybridized carbons (Fsp3) is 0.500. The molecule has 8 heteroatoms. The SMILES string of the molecule is CCN(CC)c1nc(CNC(=S)Nc2ccccc2C)nc(N(CC)CC)n1. The lowest BCUT2D eigenvalue weighted by molar-refractivity contribution is 0.737. The lowest BCUT2D eigenvalue weighted by Crippen LogP contribution is -2.32. The van der Waals surface area contributed by atoms with E-state index in [0.717, 1.165) is 37.4 Å². The number of benzene rings is 1. The minimum Gasteiger partial charge on any atom is -0.355 e. The largest absolute Gasteiger partial charge is 0.355 e. The molecule has 1 aromatic heterocycles. The van der Waals surface area contributed by atoms with Gasteiger partial charge < -0.3 is 20.4 Å². The lowest BCUT2D eigenvalue weighted by atomic mass is 10.2. The maximum atomic E-state index is 5.44. The summed E-state index contributed by atoms with van der Waals surface area (Å²) in [6, 6.07) is 8.04. The summed E-state index contributed by atoms with van der Waals surface area (Å²) in [6.07, 6.45) is 0. The minimum absolute atomic E-state index is 0.433. The van der Waals surface area contributed by atoms with Gasteiger partial charge in [0.2, 0.25) is 11.9 Å². The Morgan fingerprint density at radius 2 is 1.43 bits per heavy atom. The molecule has 28 heavy (non-hydrogen) atoms. The van der Waals surface area contributed by atoms with E-state index in [-0.39, 0.29) is 0 Å². The van der Waals surface area contributed by atoms with E-state index in [1.54, 1.807) is 0 Å². The summed E-state index contributed by atoms with van der Waals surface area (Å²) >= 11 is 5.44. The van der Waals surface area contributed by atoms with E-state index in [2.05, 4.69) is 63.1 Å². The van der Waals surface area contributed by atoms with Crippen LogP contribution in [-0.2, 0) is 6.54 Å². The molecule has 2 N–H and O–H groups in total. The van der Waals surface area contributed by atoms with Crippen LogP contribution in [0, 0.1) is 6.92 Å². The van der Waals surface area contributed by atoms with Gasteiger partial charge in [-0.05, 0) is 58.5 Å². The zero-order valence-corrected chi connectivity index (χ0v) is 18.3. The Bertz CT molecular complexity index is 743. The molecule has 2 aromatic rings. The maximum absolute atomic E-state index is 5.44. The molecule has 1 heterocycles. The highest BCUT2D eigenvalue weighted by Gasteiger charge is 2.14. The van der Waals surface area contributed by atoms with Crippen molar-refractivity contribution >= 4 is 34.9 Å². The molecule has 0 radical (unpaired) electrons. The van der Waals surface area contributed by atoms with Crippen LogP contribution in [-0.4, -0.2) is 46.2 Å². The third kappa shape index (κ3) is 5.76. The quantitative estimate of drug-likeness (QED) is 0.620. The van der Waals surface area contributed by atoms with Crippen molar-refractivity contribution in [3.63, 3.8) is 0 Å². The van der Waals surface area contributed by atoms with Crippen molar-refractivity contribution in [3.05, 3.63) is 35.7 Å². The molecule has 1 aromatic carbocycles. The Labute approximate surface area is 173 Å². The number of aromatic nitrogens is 3. The number of thiocarbonyl (C=S) groups is 1. The smallest absolute Gasteiger partial charge is 0.230 e. The van der Waals surface area contributed by atoms with E-state index in [0.29, 0.717) is 29.4 Å². The molecule has 0 saturated carbocycles. The van der Waals surface area contributed by atoms with Crippen LogP contribution in [0.1, 0.15) is 39.1 Å². The molecule has 7 nitrogen and oxygen atoms in total. The Kier molecular flexibility index (Phi) is 8.38. The molecule has 0 atom stereocenters. The summed E-state index contributed by atoms with van der Waals surface area (Å²) in [5.74, 6) is 2.08. The molecular weight excluding hydrogens is 370 g/mol. The van der Waals surface area contributed by atoms with Crippen molar-refractivity contribution in [3.8, 4) is 0 Å². The van der Waals surface area contributed by atoms with Gasteiger partial charge >= 0.3 is 0 Å². The second-order valence-electron chi connectivity index (χ2n) is 6.32. The third-order valence-electron chi connectivity index (χ3n) is 4.55. The van der Waals surface area contributed by atoms with Gasteiger partial charge in [-0.15, -0.1) is 0 Å². The number of rotatable bonds is 9. The van der Waals surface area contributed by atoms with E-state index in [1.165, 1.54) is 0 Å².